The fourth-order valence-corrected chi connectivity index (χ4v) is 8.14. The van der Waals surface area contributed by atoms with Gasteiger partial charge in [-0.1, -0.05) is 13.8 Å². The van der Waals surface area contributed by atoms with Crippen LogP contribution in [0.2, 0.25) is 0 Å². The molecule has 4 saturated carbocycles. The second kappa shape index (κ2) is 5.92. The van der Waals surface area contributed by atoms with Crippen molar-refractivity contribution in [2.75, 3.05) is 0 Å². The minimum absolute atomic E-state index is 0.193. The van der Waals surface area contributed by atoms with Crippen LogP contribution in [0, 0.1) is 54.4 Å². The molecule has 2 N–H and O–H groups in total. The maximum atomic E-state index is 11.2. The van der Waals surface area contributed by atoms with E-state index in [1.165, 1.54) is 38.5 Å². The molecule has 0 bridgehead atoms. The summed E-state index contributed by atoms with van der Waals surface area (Å²) in [6.45, 7) is 9.56. The standard InChI is InChI=1S/C22H36N2O/c1-13-10-15-11-14(2)22(4,24-12-25)18-7-6-17-20(19(15)18)16(13)8-9-21(17,3)23-5/h13-20H,5-11,23H2,1-4H3. The average molecular weight is 345 g/mol. The van der Waals surface area contributed by atoms with Crippen LogP contribution in [0.5, 0.6) is 0 Å². The Hall–Kier alpha value is -0.660. The summed E-state index contributed by atoms with van der Waals surface area (Å²) in [5, 5.41) is 2.27. The molecule has 0 radical (unpaired) electrons. The third-order valence-electron chi connectivity index (χ3n) is 9.63. The second-order valence-corrected chi connectivity index (χ2v) is 10.4. The van der Waals surface area contributed by atoms with Gasteiger partial charge in [0.25, 0.3) is 0 Å². The van der Waals surface area contributed by atoms with Gasteiger partial charge in [-0.3, -0.25) is 0 Å². The van der Waals surface area contributed by atoms with Crippen molar-refractivity contribution in [3.05, 3.63) is 7.05 Å². The van der Waals surface area contributed by atoms with Crippen molar-refractivity contribution >= 4 is 6.08 Å². The molecule has 25 heavy (non-hydrogen) atoms. The molecule has 0 spiro atoms. The summed E-state index contributed by atoms with van der Waals surface area (Å²) in [6, 6.07) is 0. The fraction of sp³-hybridized carbons (Fsp3) is 0.909. The zero-order valence-corrected chi connectivity index (χ0v) is 16.5. The molecular weight excluding hydrogens is 308 g/mol. The molecule has 4 aliphatic rings. The number of quaternary nitrogens is 1. The number of aliphatic imine (C=N–C) groups is 1. The summed E-state index contributed by atoms with van der Waals surface area (Å²) in [5.41, 5.74) is 0.113. The molecule has 3 heteroatoms. The van der Waals surface area contributed by atoms with Gasteiger partial charge in [-0.2, -0.15) is 12.0 Å². The first-order chi connectivity index (χ1) is 11.9. The van der Waals surface area contributed by atoms with Gasteiger partial charge >= 0.3 is 0 Å². The van der Waals surface area contributed by atoms with Gasteiger partial charge in [0.2, 0.25) is 6.08 Å². The number of hydrogen-bond donors (Lipinski definition) is 1. The third kappa shape index (κ3) is 2.34. The predicted molar refractivity (Wildman–Crippen MR) is 99.2 cm³/mol. The molecule has 0 aliphatic heterocycles. The van der Waals surface area contributed by atoms with E-state index in [4.69, 9.17) is 0 Å². The Balaban J connectivity index is 1.77. The Morgan fingerprint density at radius 2 is 1.80 bits per heavy atom. The van der Waals surface area contributed by atoms with E-state index in [0.29, 0.717) is 17.4 Å². The summed E-state index contributed by atoms with van der Waals surface area (Å²) >= 11 is 0. The summed E-state index contributed by atoms with van der Waals surface area (Å²) < 4.78 is 0. The first-order valence-electron chi connectivity index (χ1n) is 10.6. The number of nitrogens with two attached hydrogens (primary N) is 1. The van der Waals surface area contributed by atoms with Crippen molar-refractivity contribution in [1.82, 2.24) is 0 Å². The second-order valence-electron chi connectivity index (χ2n) is 10.4. The van der Waals surface area contributed by atoms with Crippen LogP contribution < -0.4 is 5.32 Å². The van der Waals surface area contributed by atoms with E-state index < -0.39 is 0 Å². The fourth-order valence-electron chi connectivity index (χ4n) is 8.14. The molecule has 140 valence electrons. The Bertz CT molecular complexity index is 585. The van der Waals surface area contributed by atoms with E-state index in [1.807, 2.05) is 6.08 Å². The first-order valence-corrected chi connectivity index (χ1v) is 10.6. The van der Waals surface area contributed by atoms with Crippen molar-refractivity contribution in [2.24, 2.45) is 52.3 Å². The van der Waals surface area contributed by atoms with Crippen molar-refractivity contribution in [3.8, 4) is 0 Å². The molecular formula is C22H36N2O. The first kappa shape index (κ1) is 17.7. The third-order valence-corrected chi connectivity index (χ3v) is 9.63. The number of nitrogens with zero attached hydrogens (tertiary/aromatic N) is 1. The van der Waals surface area contributed by atoms with Gasteiger partial charge < -0.3 is 5.32 Å². The van der Waals surface area contributed by atoms with Crippen molar-refractivity contribution in [2.45, 2.75) is 77.3 Å². The van der Waals surface area contributed by atoms with E-state index in [9.17, 15) is 4.79 Å². The van der Waals surface area contributed by atoms with Crippen LogP contribution in [-0.2, 0) is 4.79 Å². The van der Waals surface area contributed by atoms with Gasteiger partial charge in [0.05, 0.1) is 11.1 Å². The SMILES string of the molecule is [CH2-][NH2+]C1(C)CCC2C(C)CC3CC(C)C(C)(N=C=O)C4CCC1C2C34. The molecule has 10 atom stereocenters. The number of isocyanates is 1. The van der Waals surface area contributed by atoms with Crippen LogP contribution in [0.3, 0.4) is 0 Å². The topological polar surface area (TPSA) is 46.0 Å². The Morgan fingerprint density at radius 1 is 1.08 bits per heavy atom. The van der Waals surface area contributed by atoms with E-state index in [2.05, 4.69) is 45.1 Å². The summed E-state index contributed by atoms with van der Waals surface area (Å²) in [4.78, 5) is 15.7. The number of carbonyl (C=O) groups excluding carboxylic acids is 1. The maximum absolute atomic E-state index is 11.2. The Labute approximate surface area is 153 Å². The molecule has 0 aromatic rings. The average Bonchev–Trinajstić information content (AvgIpc) is 2.59. The Morgan fingerprint density at radius 3 is 2.48 bits per heavy atom. The zero-order valence-electron chi connectivity index (χ0n) is 16.5. The van der Waals surface area contributed by atoms with E-state index in [-0.39, 0.29) is 5.54 Å². The van der Waals surface area contributed by atoms with Crippen molar-refractivity contribution < 1.29 is 10.1 Å². The normalized spacial score (nSPS) is 57.3. The molecule has 4 rings (SSSR count). The monoisotopic (exact) mass is 344 g/mol. The number of hydrogen-bond acceptors (Lipinski definition) is 2. The lowest BCUT2D eigenvalue weighted by Crippen LogP contribution is -2.94. The molecule has 0 amide bonds. The maximum Gasteiger partial charge on any atom is 0.235 e. The van der Waals surface area contributed by atoms with Gasteiger partial charge in [0.15, 0.2) is 0 Å². The quantitative estimate of drug-likeness (QED) is 0.465. The van der Waals surface area contributed by atoms with E-state index in [0.717, 1.165) is 35.5 Å². The van der Waals surface area contributed by atoms with Crippen LogP contribution in [0.1, 0.15) is 66.2 Å². The summed E-state index contributed by atoms with van der Waals surface area (Å²) in [6.07, 6.45) is 9.80. The summed E-state index contributed by atoms with van der Waals surface area (Å²) in [7, 11) is 4.23. The zero-order chi connectivity index (χ0) is 18.0. The van der Waals surface area contributed by atoms with Gasteiger partial charge in [-0.15, -0.1) is 0 Å². The van der Waals surface area contributed by atoms with E-state index in [1.54, 1.807) is 0 Å². The molecule has 10 unspecified atom stereocenters. The minimum atomic E-state index is -0.193. The smallest absolute Gasteiger partial charge is 0.235 e. The van der Waals surface area contributed by atoms with Crippen LogP contribution in [0.4, 0.5) is 0 Å². The largest absolute Gasteiger partial charge is 0.474 e. The molecule has 4 aliphatic carbocycles. The van der Waals surface area contributed by atoms with Crippen LogP contribution in [0.15, 0.2) is 4.99 Å². The summed E-state index contributed by atoms with van der Waals surface area (Å²) in [5.74, 6) is 6.00. The molecule has 0 heterocycles. The van der Waals surface area contributed by atoms with Crippen molar-refractivity contribution in [3.63, 3.8) is 0 Å². The highest BCUT2D eigenvalue weighted by atomic mass is 16.1. The lowest BCUT2D eigenvalue weighted by atomic mass is 9.40. The minimum Gasteiger partial charge on any atom is -0.474 e. The van der Waals surface area contributed by atoms with Crippen molar-refractivity contribution in [1.29, 1.82) is 0 Å². The highest BCUT2D eigenvalue weighted by molar-refractivity contribution is 5.36. The van der Waals surface area contributed by atoms with Gasteiger partial charge in [-0.25, -0.2) is 4.79 Å². The molecule has 4 fully saturated rings. The van der Waals surface area contributed by atoms with Gasteiger partial charge in [-0.05, 0) is 87.4 Å². The molecule has 0 saturated heterocycles. The highest BCUT2D eigenvalue weighted by Crippen LogP contribution is 2.65. The van der Waals surface area contributed by atoms with Crippen LogP contribution in [-0.4, -0.2) is 17.2 Å². The van der Waals surface area contributed by atoms with Crippen LogP contribution >= 0.6 is 0 Å². The highest BCUT2D eigenvalue weighted by Gasteiger charge is 2.63. The number of rotatable bonds is 2. The Kier molecular flexibility index (Phi) is 4.20. The molecule has 0 aromatic carbocycles. The predicted octanol–water partition coefficient (Wildman–Crippen LogP) is 3.56. The van der Waals surface area contributed by atoms with Crippen LogP contribution in [0.25, 0.3) is 0 Å². The van der Waals surface area contributed by atoms with Gasteiger partial charge in [0, 0.05) is 12.3 Å². The lowest BCUT2D eigenvalue weighted by Gasteiger charge is -2.66. The molecule has 0 aromatic heterocycles. The van der Waals surface area contributed by atoms with E-state index >= 15 is 0 Å². The van der Waals surface area contributed by atoms with Gasteiger partial charge in [0.1, 0.15) is 0 Å². The molecule has 3 nitrogen and oxygen atoms in total. The lowest BCUT2D eigenvalue weighted by molar-refractivity contribution is -0.688.